The fourth-order valence-electron chi connectivity index (χ4n) is 1.36. The molecule has 1 aliphatic heterocycles. The van der Waals surface area contributed by atoms with Crippen molar-refractivity contribution in [3.63, 3.8) is 0 Å². The second-order valence-corrected chi connectivity index (χ2v) is 3.42. The van der Waals surface area contributed by atoms with Gasteiger partial charge in [0.1, 0.15) is 12.9 Å². The predicted octanol–water partition coefficient (Wildman–Crippen LogP) is -0.366. The van der Waals surface area contributed by atoms with Crippen LogP contribution in [0.4, 0.5) is 4.79 Å². The molecule has 92 valence electrons. The summed E-state index contributed by atoms with van der Waals surface area (Å²) < 4.78 is 10.1. The van der Waals surface area contributed by atoms with E-state index in [2.05, 4.69) is 5.32 Å². The summed E-state index contributed by atoms with van der Waals surface area (Å²) in [6.45, 7) is 3.95. The lowest BCUT2D eigenvalue weighted by Gasteiger charge is -2.26. The Kier molecular flexibility index (Phi) is 6.52. The summed E-state index contributed by atoms with van der Waals surface area (Å²) in [7, 11) is 0. The Balaban J connectivity index is 1.99. The van der Waals surface area contributed by atoms with Crippen molar-refractivity contribution in [2.24, 2.45) is 0 Å². The molecule has 1 aliphatic rings. The fourth-order valence-corrected chi connectivity index (χ4v) is 1.36. The van der Waals surface area contributed by atoms with Gasteiger partial charge >= 0.3 is 6.09 Å². The van der Waals surface area contributed by atoms with Gasteiger partial charge in [-0.15, -0.1) is 0 Å². The van der Waals surface area contributed by atoms with Gasteiger partial charge in [0.05, 0.1) is 13.2 Å². The lowest BCUT2D eigenvalue weighted by Crippen LogP contribution is -2.46. The van der Waals surface area contributed by atoms with E-state index in [-0.39, 0.29) is 12.7 Å². The SMILES string of the molecule is O=CCCOCCOC(=O)N1CCNCC1. The third kappa shape index (κ3) is 5.09. The first-order chi connectivity index (χ1) is 7.84. The molecule has 1 amide bonds. The molecular weight excluding hydrogens is 212 g/mol. The highest BCUT2D eigenvalue weighted by Gasteiger charge is 2.16. The standard InChI is InChI=1S/C10H18N2O4/c13-6-1-7-15-8-9-16-10(14)12-4-2-11-3-5-12/h6,11H,1-5,7-9H2. The average Bonchev–Trinajstić information content (AvgIpc) is 2.34. The molecule has 0 atom stereocenters. The van der Waals surface area contributed by atoms with E-state index in [1.807, 2.05) is 0 Å². The van der Waals surface area contributed by atoms with Crippen LogP contribution in [-0.4, -0.2) is 63.3 Å². The fraction of sp³-hybridized carbons (Fsp3) is 0.800. The lowest BCUT2D eigenvalue weighted by molar-refractivity contribution is -0.108. The molecule has 0 aromatic carbocycles. The molecule has 0 spiro atoms. The molecule has 0 aliphatic carbocycles. The monoisotopic (exact) mass is 230 g/mol. The average molecular weight is 230 g/mol. The molecule has 0 saturated carbocycles. The van der Waals surface area contributed by atoms with Crippen molar-refractivity contribution in [1.82, 2.24) is 10.2 Å². The molecule has 1 fully saturated rings. The van der Waals surface area contributed by atoms with Crippen molar-refractivity contribution in [3.8, 4) is 0 Å². The van der Waals surface area contributed by atoms with Gasteiger partial charge < -0.3 is 24.5 Å². The van der Waals surface area contributed by atoms with Gasteiger partial charge in [0.2, 0.25) is 0 Å². The molecule has 6 heteroatoms. The summed E-state index contributed by atoms with van der Waals surface area (Å²) in [6.07, 6.45) is 0.888. The molecule has 1 rings (SSSR count). The summed E-state index contributed by atoms with van der Waals surface area (Å²) in [4.78, 5) is 23.1. The van der Waals surface area contributed by atoms with Gasteiger partial charge in [-0.1, -0.05) is 0 Å². The normalized spacial score (nSPS) is 15.9. The van der Waals surface area contributed by atoms with Gasteiger partial charge in [-0.2, -0.15) is 0 Å². The molecule has 1 saturated heterocycles. The highest BCUT2D eigenvalue weighted by Crippen LogP contribution is 1.96. The van der Waals surface area contributed by atoms with Crippen LogP contribution in [0.15, 0.2) is 0 Å². The van der Waals surface area contributed by atoms with Crippen LogP contribution in [0.2, 0.25) is 0 Å². The highest BCUT2D eigenvalue weighted by atomic mass is 16.6. The van der Waals surface area contributed by atoms with Crippen LogP contribution >= 0.6 is 0 Å². The van der Waals surface area contributed by atoms with Crippen molar-refractivity contribution < 1.29 is 19.1 Å². The molecule has 0 radical (unpaired) electrons. The second-order valence-electron chi connectivity index (χ2n) is 3.42. The predicted molar refractivity (Wildman–Crippen MR) is 57.3 cm³/mol. The maximum Gasteiger partial charge on any atom is 0.409 e. The first-order valence-electron chi connectivity index (χ1n) is 5.48. The van der Waals surface area contributed by atoms with Crippen LogP contribution in [-0.2, 0) is 14.3 Å². The molecule has 0 aromatic heterocycles. The van der Waals surface area contributed by atoms with E-state index in [1.165, 1.54) is 0 Å². The number of nitrogens with zero attached hydrogens (tertiary/aromatic N) is 1. The zero-order chi connectivity index (χ0) is 11.6. The second kappa shape index (κ2) is 8.06. The number of nitrogens with one attached hydrogen (secondary N) is 1. The number of ether oxygens (including phenoxy) is 2. The quantitative estimate of drug-likeness (QED) is 0.498. The Morgan fingerprint density at radius 1 is 1.25 bits per heavy atom. The first kappa shape index (κ1) is 12.9. The van der Waals surface area contributed by atoms with Gasteiger partial charge in [-0.3, -0.25) is 0 Å². The first-order valence-corrected chi connectivity index (χ1v) is 5.48. The summed E-state index contributed by atoms with van der Waals surface area (Å²) in [5, 5.41) is 3.15. The smallest absolute Gasteiger partial charge is 0.409 e. The van der Waals surface area contributed by atoms with E-state index >= 15 is 0 Å². The van der Waals surface area contributed by atoms with Crippen LogP contribution in [0.25, 0.3) is 0 Å². The summed E-state index contributed by atoms with van der Waals surface area (Å²) in [5.74, 6) is 0. The highest BCUT2D eigenvalue weighted by molar-refractivity contribution is 5.67. The maximum absolute atomic E-state index is 11.5. The summed E-state index contributed by atoms with van der Waals surface area (Å²) in [5.41, 5.74) is 0. The Morgan fingerprint density at radius 2 is 2.00 bits per heavy atom. The molecule has 6 nitrogen and oxygen atoms in total. The van der Waals surface area contributed by atoms with E-state index in [9.17, 15) is 9.59 Å². The van der Waals surface area contributed by atoms with E-state index in [4.69, 9.17) is 9.47 Å². The third-order valence-electron chi connectivity index (χ3n) is 2.21. The van der Waals surface area contributed by atoms with Gasteiger partial charge in [0, 0.05) is 32.6 Å². The van der Waals surface area contributed by atoms with Crippen LogP contribution in [0, 0.1) is 0 Å². The number of carbonyl (C=O) groups is 2. The Labute approximate surface area is 94.9 Å². The molecule has 0 aromatic rings. The van der Waals surface area contributed by atoms with Gasteiger partial charge in [0.25, 0.3) is 0 Å². The molecule has 1 N–H and O–H groups in total. The number of hydrogen-bond donors (Lipinski definition) is 1. The topological polar surface area (TPSA) is 67.9 Å². The van der Waals surface area contributed by atoms with Crippen LogP contribution in [0.3, 0.4) is 0 Å². The number of amides is 1. The summed E-state index contributed by atoms with van der Waals surface area (Å²) >= 11 is 0. The zero-order valence-electron chi connectivity index (χ0n) is 9.31. The minimum absolute atomic E-state index is 0.238. The van der Waals surface area contributed by atoms with Gasteiger partial charge in [-0.05, 0) is 0 Å². The molecule has 1 heterocycles. The zero-order valence-corrected chi connectivity index (χ0v) is 9.31. The van der Waals surface area contributed by atoms with Crippen molar-refractivity contribution in [2.75, 3.05) is 46.0 Å². The Hall–Kier alpha value is -1.14. The van der Waals surface area contributed by atoms with Crippen LogP contribution in [0.1, 0.15) is 6.42 Å². The minimum atomic E-state index is -0.291. The number of carbonyl (C=O) groups excluding carboxylic acids is 2. The lowest BCUT2D eigenvalue weighted by atomic mass is 10.4. The number of aldehydes is 1. The van der Waals surface area contributed by atoms with Gasteiger partial charge in [0.15, 0.2) is 0 Å². The van der Waals surface area contributed by atoms with Crippen molar-refractivity contribution in [1.29, 1.82) is 0 Å². The van der Waals surface area contributed by atoms with Crippen molar-refractivity contribution in [3.05, 3.63) is 0 Å². The molecule has 0 unspecified atom stereocenters. The van der Waals surface area contributed by atoms with Crippen molar-refractivity contribution >= 4 is 12.4 Å². The van der Waals surface area contributed by atoms with E-state index < -0.39 is 0 Å². The number of rotatable bonds is 6. The van der Waals surface area contributed by atoms with Crippen LogP contribution in [0.5, 0.6) is 0 Å². The molecule has 16 heavy (non-hydrogen) atoms. The summed E-state index contributed by atoms with van der Waals surface area (Å²) in [6, 6.07) is 0. The minimum Gasteiger partial charge on any atom is -0.447 e. The van der Waals surface area contributed by atoms with E-state index in [1.54, 1.807) is 4.90 Å². The number of piperazine rings is 1. The number of hydrogen-bond acceptors (Lipinski definition) is 5. The van der Waals surface area contributed by atoms with Crippen LogP contribution < -0.4 is 5.32 Å². The molecule has 0 bridgehead atoms. The van der Waals surface area contributed by atoms with E-state index in [0.29, 0.717) is 32.7 Å². The third-order valence-corrected chi connectivity index (χ3v) is 2.21. The maximum atomic E-state index is 11.5. The molecular formula is C10H18N2O4. The van der Waals surface area contributed by atoms with E-state index in [0.717, 1.165) is 19.4 Å². The Morgan fingerprint density at radius 3 is 2.69 bits per heavy atom. The largest absolute Gasteiger partial charge is 0.447 e. The Bertz CT molecular complexity index is 217. The van der Waals surface area contributed by atoms with Crippen molar-refractivity contribution in [2.45, 2.75) is 6.42 Å². The van der Waals surface area contributed by atoms with Gasteiger partial charge in [-0.25, -0.2) is 4.79 Å².